The van der Waals surface area contributed by atoms with Crippen LogP contribution in [-0.4, -0.2) is 29.9 Å². The lowest BCUT2D eigenvalue weighted by molar-refractivity contribution is -0.124. The summed E-state index contributed by atoms with van der Waals surface area (Å²) in [5.74, 6) is 0.517. The van der Waals surface area contributed by atoms with Crippen LogP contribution in [0.25, 0.3) is 0 Å². The minimum Gasteiger partial charge on any atom is -0.472 e. The molecule has 126 valence electrons. The van der Waals surface area contributed by atoms with Gasteiger partial charge in [0.05, 0.1) is 11.8 Å². The van der Waals surface area contributed by atoms with E-state index >= 15 is 0 Å². The van der Waals surface area contributed by atoms with Crippen LogP contribution in [0.5, 0.6) is 0 Å². The molecule has 2 aliphatic carbocycles. The van der Waals surface area contributed by atoms with Gasteiger partial charge in [0.15, 0.2) is 0 Å². The van der Waals surface area contributed by atoms with E-state index in [4.69, 9.17) is 10.2 Å². The predicted octanol–water partition coefficient (Wildman–Crippen LogP) is 1.42. The highest BCUT2D eigenvalue weighted by molar-refractivity contribution is 5.97. The lowest BCUT2D eigenvalue weighted by atomic mass is 9.67. The maximum atomic E-state index is 12.4. The summed E-state index contributed by atoms with van der Waals surface area (Å²) in [6.45, 7) is 1.71. The van der Waals surface area contributed by atoms with Crippen LogP contribution >= 0.6 is 0 Å². The third-order valence-electron chi connectivity index (χ3n) is 5.21. The van der Waals surface area contributed by atoms with Crippen molar-refractivity contribution in [2.24, 2.45) is 17.6 Å². The normalized spacial score (nSPS) is 31.2. The number of carbonyl (C=O) groups is 2. The molecule has 1 aromatic rings. The Kier molecular flexibility index (Phi) is 4.71. The SMILES string of the molecule is CC(NC(=O)c1ccoc1)C(=O)NC1C2CCCC1CC(N)C2. The first-order valence-electron chi connectivity index (χ1n) is 8.43. The molecule has 2 amide bonds. The summed E-state index contributed by atoms with van der Waals surface area (Å²) in [5.41, 5.74) is 6.54. The van der Waals surface area contributed by atoms with Crippen molar-refractivity contribution < 1.29 is 14.0 Å². The van der Waals surface area contributed by atoms with Gasteiger partial charge in [-0.05, 0) is 50.5 Å². The first kappa shape index (κ1) is 16.1. The van der Waals surface area contributed by atoms with Gasteiger partial charge in [-0.2, -0.15) is 0 Å². The van der Waals surface area contributed by atoms with Crippen molar-refractivity contribution >= 4 is 11.8 Å². The van der Waals surface area contributed by atoms with Gasteiger partial charge >= 0.3 is 0 Å². The van der Waals surface area contributed by atoms with E-state index in [9.17, 15) is 9.59 Å². The number of nitrogens with two attached hydrogens (primary N) is 1. The molecule has 2 saturated carbocycles. The molecule has 0 aliphatic heterocycles. The fourth-order valence-electron chi connectivity index (χ4n) is 4.05. The van der Waals surface area contributed by atoms with Crippen LogP contribution < -0.4 is 16.4 Å². The second kappa shape index (κ2) is 6.74. The van der Waals surface area contributed by atoms with E-state index in [1.165, 1.54) is 18.9 Å². The van der Waals surface area contributed by atoms with Gasteiger partial charge in [-0.15, -0.1) is 0 Å². The third-order valence-corrected chi connectivity index (χ3v) is 5.21. The molecule has 1 aromatic heterocycles. The van der Waals surface area contributed by atoms with Gasteiger partial charge < -0.3 is 20.8 Å². The van der Waals surface area contributed by atoms with Gasteiger partial charge in [0.2, 0.25) is 5.91 Å². The molecule has 6 nitrogen and oxygen atoms in total. The summed E-state index contributed by atoms with van der Waals surface area (Å²) in [6.07, 6.45) is 8.25. The number of hydrogen-bond donors (Lipinski definition) is 3. The minimum atomic E-state index is -0.575. The van der Waals surface area contributed by atoms with Crippen molar-refractivity contribution in [3.63, 3.8) is 0 Å². The monoisotopic (exact) mass is 319 g/mol. The van der Waals surface area contributed by atoms with Gasteiger partial charge in [0, 0.05) is 12.1 Å². The molecule has 3 atom stereocenters. The van der Waals surface area contributed by atoms with E-state index in [0.717, 1.165) is 25.7 Å². The van der Waals surface area contributed by atoms with Crippen LogP contribution in [0, 0.1) is 11.8 Å². The lowest BCUT2D eigenvalue weighted by Crippen LogP contribution is -2.57. The van der Waals surface area contributed by atoms with Crippen molar-refractivity contribution in [2.45, 2.75) is 57.2 Å². The van der Waals surface area contributed by atoms with Gasteiger partial charge in [-0.25, -0.2) is 0 Å². The number of nitrogens with one attached hydrogen (secondary N) is 2. The topological polar surface area (TPSA) is 97.4 Å². The number of rotatable bonds is 4. The average Bonchev–Trinajstić information content (AvgIpc) is 3.02. The van der Waals surface area contributed by atoms with E-state index in [0.29, 0.717) is 17.4 Å². The fourth-order valence-corrected chi connectivity index (χ4v) is 4.05. The fraction of sp³-hybridized carbons (Fsp3) is 0.647. The Labute approximate surface area is 136 Å². The molecule has 4 N–H and O–H groups in total. The molecular weight excluding hydrogens is 294 g/mol. The number of carbonyl (C=O) groups excluding carboxylic acids is 2. The molecule has 3 rings (SSSR count). The van der Waals surface area contributed by atoms with Crippen LogP contribution in [0.15, 0.2) is 23.0 Å². The molecule has 0 radical (unpaired) electrons. The lowest BCUT2D eigenvalue weighted by Gasteiger charge is -2.45. The highest BCUT2D eigenvalue weighted by atomic mass is 16.3. The Hall–Kier alpha value is -1.82. The summed E-state index contributed by atoms with van der Waals surface area (Å²) in [5, 5.41) is 5.87. The first-order chi connectivity index (χ1) is 11.0. The van der Waals surface area contributed by atoms with Crippen molar-refractivity contribution in [2.75, 3.05) is 0 Å². The number of hydrogen-bond acceptors (Lipinski definition) is 4. The molecule has 0 spiro atoms. The molecule has 2 aliphatic rings. The van der Waals surface area contributed by atoms with Crippen molar-refractivity contribution in [3.05, 3.63) is 24.2 Å². The second-order valence-corrected chi connectivity index (χ2v) is 6.92. The van der Waals surface area contributed by atoms with Crippen LogP contribution in [0.1, 0.15) is 49.4 Å². The summed E-state index contributed by atoms with van der Waals surface area (Å²) in [6, 6.07) is 1.46. The third kappa shape index (κ3) is 3.58. The Bertz CT molecular complexity index is 543. The summed E-state index contributed by atoms with van der Waals surface area (Å²) in [4.78, 5) is 24.4. The highest BCUT2D eigenvalue weighted by Crippen LogP contribution is 2.39. The maximum absolute atomic E-state index is 12.4. The largest absolute Gasteiger partial charge is 0.472 e. The van der Waals surface area contributed by atoms with Crippen LogP contribution in [0.2, 0.25) is 0 Å². The van der Waals surface area contributed by atoms with E-state index in [-0.39, 0.29) is 23.9 Å². The highest BCUT2D eigenvalue weighted by Gasteiger charge is 2.40. The number of fused-ring (bicyclic) bond motifs is 2. The molecule has 1 heterocycles. The van der Waals surface area contributed by atoms with Crippen LogP contribution in [-0.2, 0) is 4.79 Å². The molecule has 6 heteroatoms. The Morgan fingerprint density at radius 1 is 1.30 bits per heavy atom. The zero-order valence-electron chi connectivity index (χ0n) is 13.5. The maximum Gasteiger partial charge on any atom is 0.255 e. The Balaban J connectivity index is 1.57. The van der Waals surface area contributed by atoms with E-state index in [2.05, 4.69) is 10.6 Å². The van der Waals surface area contributed by atoms with E-state index in [1.807, 2.05) is 0 Å². The summed E-state index contributed by atoms with van der Waals surface area (Å²) in [7, 11) is 0. The molecule has 0 saturated heterocycles. The Morgan fingerprint density at radius 2 is 2.00 bits per heavy atom. The molecule has 2 bridgehead atoms. The zero-order chi connectivity index (χ0) is 16.4. The van der Waals surface area contributed by atoms with Gasteiger partial charge in [0.25, 0.3) is 5.91 Å². The van der Waals surface area contributed by atoms with Crippen molar-refractivity contribution in [1.29, 1.82) is 0 Å². The van der Waals surface area contributed by atoms with Gasteiger partial charge in [0.1, 0.15) is 12.3 Å². The predicted molar refractivity (Wildman–Crippen MR) is 85.6 cm³/mol. The van der Waals surface area contributed by atoms with Gasteiger partial charge in [-0.3, -0.25) is 9.59 Å². The standard InChI is InChI=1S/C17H25N3O3/c1-10(19-17(22)13-5-6-23-9-13)16(21)20-15-11-3-2-4-12(15)8-14(18)7-11/h5-6,9-12,14-15H,2-4,7-8,18H2,1H3,(H,19,22)(H,20,21). The van der Waals surface area contributed by atoms with Crippen LogP contribution in [0.4, 0.5) is 0 Å². The molecule has 0 aromatic carbocycles. The Morgan fingerprint density at radius 3 is 2.61 bits per heavy atom. The van der Waals surface area contributed by atoms with Crippen molar-refractivity contribution in [1.82, 2.24) is 10.6 Å². The first-order valence-corrected chi connectivity index (χ1v) is 8.43. The number of furan rings is 1. The van der Waals surface area contributed by atoms with Crippen molar-refractivity contribution in [3.8, 4) is 0 Å². The number of amides is 2. The molecule has 2 fully saturated rings. The van der Waals surface area contributed by atoms with E-state index in [1.54, 1.807) is 13.0 Å². The minimum absolute atomic E-state index is 0.126. The molecular formula is C17H25N3O3. The zero-order valence-corrected chi connectivity index (χ0v) is 13.5. The average molecular weight is 319 g/mol. The van der Waals surface area contributed by atoms with E-state index < -0.39 is 6.04 Å². The smallest absolute Gasteiger partial charge is 0.255 e. The summed E-state index contributed by atoms with van der Waals surface area (Å²) >= 11 is 0. The molecule has 3 unspecified atom stereocenters. The quantitative estimate of drug-likeness (QED) is 0.782. The molecule has 23 heavy (non-hydrogen) atoms. The summed E-state index contributed by atoms with van der Waals surface area (Å²) < 4.78 is 4.89. The van der Waals surface area contributed by atoms with Crippen LogP contribution in [0.3, 0.4) is 0 Å². The second-order valence-electron chi connectivity index (χ2n) is 6.92. The van der Waals surface area contributed by atoms with Gasteiger partial charge in [-0.1, -0.05) is 6.42 Å².